The normalized spacial score (nSPS) is 17.3. The van der Waals surface area contributed by atoms with Gasteiger partial charge in [-0.15, -0.1) is 5.10 Å². The quantitative estimate of drug-likeness (QED) is 0.726. The molecule has 2 heterocycles. The first-order valence-corrected chi connectivity index (χ1v) is 6.66. The number of piperidine rings is 1. The number of hydrogen-bond donors (Lipinski definition) is 2. The number of H-pyrrole nitrogens is 1. The van der Waals surface area contributed by atoms with E-state index in [2.05, 4.69) is 25.4 Å². The fourth-order valence-electron chi connectivity index (χ4n) is 2.29. The number of rotatable bonds is 6. The van der Waals surface area contributed by atoms with Gasteiger partial charge in [-0.05, 0) is 26.3 Å². The van der Waals surface area contributed by atoms with Gasteiger partial charge in [-0.3, -0.25) is 5.10 Å². The molecule has 2 rings (SSSR count). The second-order valence-corrected chi connectivity index (χ2v) is 4.73. The molecule has 6 heteroatoms. The first kappa shape index (κ1) is 13.3. The smallest absolute Gasteiger partial charge is 0.244 e. The summed E-state index contributed by atoms with van der Waals surface area (Å²) >= 11 is 0. The van der Waals surface area contributed by atoms with Crippen molar-refractivity contribution in [3.63, 3.8) is 0 Å². The molecular weight excluding hydrogens is 230 g/mol. The van der Waals surface area contributed by atoms with Crippen LogP contribution >= 0.6 is 0 Å². The summed E-state index contributed by atoms with van der Waals surface area (Å²) in [6.45, 7) is 2.82. The van der Waals surface area contributed by atoms with Gasteiger partial charge in [-0.25, -0.2) is 0 Å². The van der Waals surface area contributed by atoms with Crippen LogP contribution in [0.2, 0.25) is 0 Å². The number of anilines is 1. The topological polar surface area (TPSA) is 66.1 Å². The lowest BCUT2D eigenvalue weighted by molar-refractivity contribution is 0.194. The van der Waals surface area contributed by atoms with Crippen LogP contribution in [0, 0.1) is 0 Å². The van der Waals surface area contributed by atoms with Gasteiger partial charge in [0, 0.05) is 39.3 Å². The molecule has 1 aromatic rings. The highest BCUT2D eigenvalue weighted by Crippen LogP contribution is 2.15. The second-order valence-electron chi connectivity index (χ2n) is 4.73. The molecule has 0 unspecified atom stereocenters. The minimum atomic E-state index is 0.640. The molecule has 0 saturated carbocycles. The van der Waals surface area contributed by atoms with Crippen LogP contribution in [-0.4, -0.2) is 55.1 Å². The van der Waals surface area contributed by atoms with Crippen molar-refractivity contribution in [2.24, 2.45) is 0 Å². The molecule has 6 nitrogen and oxygen atoms in total. The summed E-state index contributed by atoms with van der Waals surface area (Å²) in [5.74, 6) is 1.80. The SMILES string of the molecule is CNC1CCN(c2n[nH]c(CCCOC)n2)CC1. The summed E-state index contributed by atoms with van der Waals surface area (Å²) in [4.78, 5) is 6.79. The molecule has 0 spiro atoms. The highest BCUT2D eigenvalue weighted by Gasteiger charge is 2.20. The zero-order valence-electron chi connectivity index (χ0n) is 11.3. The number of ether oxygens (including phenoxy) is 1. The van der Waals surface area contributed by atoms with Crippen molar-refractivity contribution in [2.75, 3.05) is 38.8 Å². The van der Waals surface area contributed by atoms with Crippen LogP contribution in [0.4, 0.5) is 5.95 Å². The Morgan fingerprint density at radius 3 is 2.89 bits per heavy atom. The third-order valence-corrected chi connectivity index (χ3v) is 3.47. The molecule has 102 valence electrons. The summed E-state index contributed by atoms with van der Waals surface area (Å²) in [6, 6.07) is 0.640. The predicted octanol–water partition coefficient (Wildman–Crippen LogP) is 0.572. The van der Waals surface area contributed by atoms with E-state index in [4.69, 9.17) is 4.74 Å². The van der Waals surface area contributed by atoms with E-state index in [1.54, 1.807) is 7.11 Å². The lowest BCUT2D eigenvalue weighted by Crippen LogP contribution is -2.41. The fraction of sp³-hybridized carbons (Fsp3) is 0.833. The maximum atomic E-state index is 5.03. The van der Waals surface area contributed by atoms with Crippen molar-refractivity contribution in [3.8, 4) is 0 Å². The number of nitrogens with one attached hydrogen (secondary N) is 2. The molecule has 18 heavy (non-hydrogen) atoms. The van der Waals surface area contributed by atoms with Gasteiger partial charge in [-0.1, -0.05) is 0 Å². The van der Waals surface area contributed by atoms with Crippen molar-refractivity contribution >= 4 is 5.95 Å². The number of methoxy groups -OCH3 is 1. The molecule has 0 radical (unpaired) electrons. The first-order chi connectivity index (χ1) is 8.83. The van der Waals surface area contributed by atoms with Gasteiger partial charge >= 0.3 is 0 Å². The fourth-order valence-corrected chi connectivity index (χ4v) is 2.29. The molecule has 0 atom stereocenters. The Kier molecular flexibility index (Phi) is 4.95. The molecule has 1 fully saturated rings. The Hall–Kier alpha value is -1.14. The molecule has 0 aromatic carbocycles. The minimum Gasteiger partial charge on any atom is -0.385 e. The summed E-state index contributed by atoms with van der Waals surface area (Å²) in [5, 5.41) is 10.6. The van der Waals surface area contributed by atoms with Gasteiger partial charge in [0.05, 0.1) is 0 Å². The molecule has 0 amide bonds. The van der Waals surface area contributed by atoms with E-state index in [-0.39, 0.29) is 0 Å². The van der Waals surface area contributed by atoms with Crippen LogP contribution in [0.25, 0.3) is 0 Å². The largest absolute Gasteiger partial charge is 0.385 e. The van der Waals surface area contributed by atoms with Crippen LogP contribution < -0.4 is 10.2 Å². The number of aromatic amines is 1. The van der Waals surface area contributed by atoms with Gasteiger partial charge in [0.15, 0.2) is 0 Å². The lowest BCUT2D eigenvalue weighted by Gasteiger charge is -2.30. The summed E-state index contributed by atoms with van der Waals surface area (Å²) in [6.07, 6.45) is 4.19. The Morgan fingerprint density at radius 1 is 1.44 bits per heavy atom. The number of nitrogens with zero attached hydrogens (tertiary/aromatic N) is 3. The van der Waals surface area contributed by atoms with Gasteiger partial charge in [0.2, 0.25) is 5.95 Å². The van der Waals surface area contributed by atoms with Gasteiger partial charge in [-0.2, -0.15) is 4.98 Å². The van der Waals surface area contributed by atoms with E-state index in [1.165, 1.54) is 0 Å². The molecular formula is C12H23N5O. The van der Waals surface area contributed by atoms with E-state index in [0.29, 0.717) is 6.04 Å². The van der Waals surface area contributed by atoms with E-state index >= 15 is 0 Å². The maximum Gasteiger partial charge on any atom is 0.244 e. The van der Waals surface area contributed by atoms with Crippen molar-refractivity contribution in [2.45, 2.75) is 31.7 Å². The lowest BCUT2D eigenvalue weighted by atomic mass is 10.1. The predicted molar refractivity (Wildman–Crippen MR) is 70.9 cm³/mol. The van der Waals surface area contributed by atoms with Crippen molar-refractivity contribution in [1.82, 2.24) is 20.5 Å². The zero-order chi connectivity index (χ0) is 12.8. The van der Waals surface area contributed by atoms with Crippen LogP contribution in [0.3, 0.4) is 0 Å². The molecule has 1 saturated heterocycles. The first-order valence-electron chi connectivity index (χ1n) is 6.66. The molecule has 1 aromatic heterocycles. The van der Waals surface area contributed by atoms with Gasteiger partial charge in [0.1, 0.15) is 5.82 Å². The second kappa shape index (κ2) is 6.70. The van der Waals surface area contributed by atoms with Gasteiger partial charge < -0.3 is 15.0 Å². The monoisotopic (exact) mass is 253 g/mol. The average Bonchev–Trinajstić information content (AvgIpc) is 2.88. The molecule has 1 aliphatic rings. The van der Waals surface area contributed by atoms with E-state index in [0.717, 1.165) is 57.2 Å². The van der Waals surface area contributed by atoms with E-state index in [9.17, 15) is 0 Å². The molecule has 2 N–H and O–H groups in total. The molecule has 0 bridgehead atoms. The van der Waals surface area contributed by atoms with E-state index in [1.807, 2.05) is 7.05 Å². The molecule has 1 aliphatic heterocycles. The van der Waals surface area contributed by atoms with Crippen LogP contribution in [0.1, 0.15) is 25.1 Å². The van der Waals surface area contributed by atoms with Crippen LogP contribution in [0.5, 0.6) is 0 Å². The van der Waals surface area contributed by atoms with Crippen molar-refractivity contribution < 1.29 is 4.74 Å². The zero-order valence-corrected chi connectivity index (χ0v) is 11.3. The Balaban J connectivity index is 1.82. The third-order valence-electron chi connectivity index (χ3n) is 3.47. The third kappa shape index (κ3) is 3.43. The van der Waals surface area contributed by atoms with Crippen molar-refractivity contribution in [1.29, 1.82) is 0 Å². The summed E-state index contributed by atoms with van der Waals surface area (Å²) < 4.78 is 5.03. The highest BCUT2D eigenvalue weighted by molar-refractivity contribution is 5.29. The number of aryl methyl sites for hydroxylation is 1. The van der Waals surface area contributed by atoms with Crippen LogP contribution in [0.15, 0.2) is 0 Å². The average molecular weight is 253 g/mol. The van der Waals surface area contributed by atoms with Crippen molar-refractivity contribution in [3.05, 3.63) is 5.82 Å². The maximum absolute atomic E-state index is 5.03. The Morgan fingerprint density at radius 2 is 2.22 bits per heavy atom. The summed E-state index contributed by atoms with van der Waals surface area (Å²) in [5.41, 5.74) is 0. The summed E-state index contributed by atoms with van der Waals surface area (Å²) in [7, 11) is 3.75. The van der Waals surface area contributed by atoms with Gasteiger partial charge in [0.25, 0.3) is 0 Å². The highest BCUT2D eigenvalue weighted by atomic mass is 16.5. The Bertz CT molecular complexity index is 346. The van der Waals surface area contributed by atoms with E-state index < -0.39 is 0 Å². The number of hydrogen-bond acceptors (Lipinski definition) is 5. The Labute approximate surface area is 108 Å². The standard InChI is InChI=1S/C12H23N5O/c1-13-10-5-7-17(8-6-10)12-14-11(15-16-12)4-3-9-18-2/h10,13H,3-9H2,1-2H3,(H,14,15,16). The number of aromatic nitrogens is 3. The van der Waals surface area contributed by atoms with Crippen LogP contribution in [-0.2, 0) is 11.2 Å². The molecule has 0 aliphatic carbocycles. The minimum absolute atomic E-state index is 0.640.